The van der Waals surface area contributed by atoms with Crippen molar-refractivity contribution in [2.45, 2.75) is 58.7 Å². The summed E-state index contributed by atoms with van der Waals surface area (Å²) in [6.07, 6.45) is 5.70. The van der Waals surface area contributed by atoms with E-state index in [1.54, 1.807) is 0 Å². The Morgan fingerprint density at radius 3 is 2.83 bits per heavy atom. The average Bonchev–Trinajstić information content (AvgIpc) is 3.19. The van der Waals surface area contributed by atoms with Crippen molar-refractivity contribution in [1.82, 2.24) is 15.3 Å². The summed E-state index contributed by atoms with van der Waals surface area (Å²) in [6, 6.07) is 1.21. The van der Waals surface area contributed by atoms with E-state index in [0.29, 0.717) is 12.1 Å². The zero-order chi connectivity index (χ0) is 13.1. The van der Waals surface area contributed by atoms with Gasteiger partial charge in [-0.25, -0.2) is 9.97 Å². The van der Waals surface area contributed by atoms with Crippen LogP contribution >= 0.6 is 0 Å². The second-order valence-electron chi connectivity index (χ2n) is 5.29. The summed E-state index contributed by atoms with van der Waals surface area (Å²) >= 11 is 0. The Kier molecular flexibility index (Phi) is 4.17. The molecule has 0 amide bonds. The van der Waals surface area contributed by atoms with Crippen molar-refractivity contribution in [1.29, 1.82) is 0 Å². The van der Waals surface area contributed by atoms with Crippen LogP contribution in [0.5, 0.6) is 0 Å². The Morgan fingerprint density at radius 1 is 1.50 bits per heavy atom. The number of aromatic nitrogens is 2. The molecule has 4 nitrogen and oxygen atoms in total. The lowest BCUT2D eigenvalue weighted by Crippen LogP contribution is -2.31. The first kappa shape index (κ1) is 13.3. The zero-order valence-corrected chi connectivity index (χ0v) is 11.9. The molecule has 1 aliphatic rings. The van der Waals surface area contributed by atoms with Gasteiger partial charge in [0.05, 0.1) is 0 Å². The molecule has 1 saturated carbocycles. The third kappa shape index (κ3) is 3.19. The lowest BCUT2D eigenvalue weighted by Gasteiger charge is -2.27. The number of hydrogen-bond donors (Lipinski definition) is 1. The fourth-order valence-corrected chi connectivity index (χ4v) is 1.94. The first-order chi connectivity index (χ1) is 8.61. The van der Waals surface area contributed by atoms with Crippen LogP contribution in [0, 0.1) is 6.92 Å². The molecule has 1 unspecified atom stereocenters. The monoisotopic (exact) mass is 248 g/mol. The van der Waals surface area contributed by atoms with Gasteiger partial charge in [0.25, 0.3) is 0 Å². The predicted octanol–water partition coefficient (Wildman–Crippen LogP) is 2.27. The molecule has 0 bridgehead atoms. The smallest absolute Gasteiger partial charge is 0.136 e. The van der Waals surface area contributed by atoms with E-state index < -0.39 is 0 Å². The van der Waals surface area contributed by atoms with Crippen molar-refractivity contribution in [2.24, 2.45) is 0 Å². The number of hydrogen-bond acceptors (Lipinski definition) is 4. The molecule has 0 saturated heterocycles. The van der Waals surface area contributed by atoms with Crippen LogP contribution in [0.4, 0.5) is 5.82 Å². The highest BCUT2D eigenvalue weighted by molar-refractivity contribution is 5.46. The van der Waals surface area contributed by atoms with Crippen molar-refractivity contribution in [2.75, 3.05) is 11.9 Å². The Hall–Kier alpha value is -1.16. The van der Waals surface area contributed by atoms with Gasteiger partial charge in [-0.1, -0.05) is 6.92 Å². The van der Waals surface area contributed by atoms with E-state index >= 15 is 0 Å². The largest absolute Gasteiger partial charge is 0.357 e. The fourth-order valence-electron chi connectivity index (χ4n) is 1.94. The van der Waals surface area contributed by atoms with Gasteiger partial charge in [-0.2, -0.15) is 0 Å². The van der Waals surface area contributed by atoms with Gasteiger partial charge in [0, 0.05) is 37.4 Å². The summed E-state index contributed by atoms with van der Waals surface area (Å²) in [5.41, 5.74) is 1.20. The molecule has 1 heterocycles. The first-order valence-corrected chi connectivity index (χ1v) is 6.90. The Bertz CT molecular complexity index is 401. The maximum atomic E-state index is 4.62. The second kappa shape index (κ2) is 5.65. The van der Waals surface area contributed by atoms with Crippen LogP contribution in [0.2, 0.25) is 0 Å². The molecule has 1 aromatic rings. The van der Waals surface area contributed by atoms with Crippen LogP contribution in [0.25, 0.3) is 0 Å². The van der Waals surface area contributed by atoms with E-state index in [0.717, 1.165) is 24.6 Å². The van der Waals surface area contributed by atoms with E-state index in [9.17, 15) is 0 Å². The topological polar surface area (TPSA) is 41.1 Å². The quantitative estimate of drug-likeness (QED) is 0.838. The van der Waals surface area contributed by atoms with Crippen LogP contribution < -0.4 is 10.2 Å². The van der Waals surface area contributed by atoms with E-state index in [2.05, 4.69) is 41.1 Å². The molecule has 4 heteroatoms. The predicted molar refractivity (Wildman–Crippen MR) is 74.8 cm³/mol. The van der Waals surface area contributed by atoms with Gasteiger partial charge >= 0.3 is 0 Å². The van der Waals surface area contributed by atoms with Gasteiger partial charge in [-0.05, 0) is 33.1 Å². The third-order valence-corrected chi connectivity index (χ3v) is 3.71. The highest BCUT2D eigenvalue weighted by atomic mass is 15.2. The molecule has 0 aliphatic heterocycles. The van der Waals surface area contributed by atoms with Crippen molar-refractivity contribution < 1.29 is 0 Å². The van der Waals surface area contributed by atoms with E-state index in [1.807, 2.05) is 13.1 Å². The lowest BCUT2D eigenvalue weighted by atomic mass is 10.2. The lowest BCUT2D eigenvalue weighted by molar-refractivity contribution is 0.637. The van der Waals surface area contributed by atoms with Crippen molar-refractivity contribution >= 4 is 5.82 Å². The van der Waals surface area contributed by atoms with Gasteiger partial charge in [0.1, 0.15) is 11.6 Å². The Labute approximate surface area is 110 Å². The number of rotatable bonds is 6. The maximum Gasteiger partial charge on any atom is 0.136 e. The van der Waals surface area contributed by atoms with Gasteiger partial charge in [0.2, 0.25) is 0 Å². The molecule has 0 radical (unpaired) electrons. The highest BCUT2D eigenvalue weighted by Gasteiger charge is 2.21. The van der Waals surface area contributed by atoms with Crippen molar-refractivity contribution in [3.63, 3.8) is 0 Å². The first-order valence-electron chi connectivity index (χ1n) is 6.90. The number of anilines is 1. The standard InChI is InChI=1S/C14H24N4/c1-5-10(2)18(4)14-12(8-15-11(3)17-14)9-16-13-6-7-13/h8,10,13,16H,5-7,9H2,1-4H3. The molecule has 0 spiro atoms. The summed E-state index contributed by atoms with van der Waals surface area (Å²) in [4.78, 5) is 11.2. The minimum Gasteiger partial charge on any atom is -0.357 e. The molecular formula is C14H24N4. The minimum atomic E-state index is 0.499. The Balaban J connectivity index is 2.15. The molecule has 1 aliphatic carbocycles. The molecule has 0 aromatic carbocycles. The van der Waals surface area contributed by atoms with E-state index in [4.69, 9.17) is 0 Å². The summed E-state index contributed by atoms with van der Waals surface area (Å²) in [6.45, 7) is 7.26. The Morgan fingerprint density at radius 2 is 2.22 bits per heavy atom. The number of nitrogens with one attached hydrogen (secondary N) is 1. The zero-order valence-electron chi connectivity index (χ0n) is 11.9. The molecule has 1 fully saturated rings. The van der Waals surface area contributed by atoms with E-state index in [-0.39, 0.29) is 0 Å². The SMILES string of the molecule is CCC(C)N(C)c1nc(C)ncc1CNC1CC1. The van der Waals surface area contributed by atoms with E-state index in [1.165, 1.54) is 18.4 Å². The fraction of sp³-hybridized carbons (Fsp3) is 0.714. The average molecular weight is 248 g/mol. The number of aryl methyl sites for hydroxylation is 1. The third-order valence-electron chi connectivity index (χ3n) is 3.71. The van der Waals surface area contributed by atoms with Crippen molar-refractivity contribution in [3.8, 4) is 0 Å². The summed E-state index contributed by atoms with van der Waals surface area (Å²) < 4.78 is 0. The van der Waals surface area contributed by atoms with Gasteiger partial charge in [-0.15, -0.1) is 0 Å². The minimum absolute atomic E-state index is 0.499. The van der Waals surface area contributed by atoms with Crippen LogP contribution in [-0.2, 0) is 6.54 Å². The number of nitrogens with zero attached hydrogens (tertiary/aromatic N) is 3. The maximum absolute atomic E-state index is 4.62. The summed E-state index contributed by atoms with van der Waals surface area (Å²) in [5.74, 6) is 1.92. The molecule has 2 rings (SSSR count). The molecular weight excluding hydrogens is 224 g/mol. The normalized spacial score (nSPS) is 16.7. The van der Waals surface area contributed by atoms with Crippen LogP contribution in [0.15, 0.2) is 6.20 Å². The second-order valence-corrected chi connectivity index (χ2v) is 5.29. The molecule has 18 heavy (non-hydrogen) atoms. The molecule has 1 N–H and O–H groups in total. The van der Waals surface area contributed by atoms with Crippen LogP contribution in [-0.4, -0.2) is 29.1 Å². The van der Waals surface area contributed by atoms with Gasteiger partial charge in [0.15, 0.2) is 0 Å². The van der Waals surface area contributed by atoms with Crippen LogP contribution in [0.3, 0.4) is 0 Å². The molecule has 100 valence electrons. The molecule has 1 aromatic heterocycles. The van der Waals surface area contributed by atoms with Gasteiger partial charge < -0.3 is 10.2 Å². The summed E-state index contributed by atoms with van der Waals surface area (Å²) in [7, 11) is 2.12. The van der Waals surface area contributed by atoms with Gasteiger partial charge in [-0.3, -0.25) is 0 Å². The van der Waals surface area contributed by atoms with Crippen LogP contribution in [0.1, 0.15) is 44.5 Å². The summed E-state index contributed by atoms with van der Waals surface area (Å²) in [5, 5.41) is 3.54. The highest BCUT2D eigenvalue weighted by Crippen LogP contribution is 2.22. The molecule has 1 atom stereocenters. The van der Waals surface area contributed by atoms with Crippen molar-refractivity contribution in [3.05, 3.63) is 17.6 Å².